The standard InChI is InChI=1S/C22H22O11/c1-30-14-3-2-9(4-11(14)24)15-7-13(26)18-12(25)5-10(6-16(18)32-15)31-22-21(29)20(28)19(27)17(8-23)33-22/h2-7,17,19-25,27-29H,8H2,1H3/t17-,19-,20+,21-,22?/m0/s1. The zero-order valence-electron chi connectivity index (χ0n) is 17.3. The number of hydrogen-bond donors (Lipinski definition) is 6. The van der Waals surface area contributed by atoms with E-state index >= 15 is 0 Å². The Kier molecular flexibility index (Phi) is 6.15. The molecule has 1 aliphatic heterocycles. The maximum absolute atomic E-state index is 12.6. The molecule has 0 aliphatic carbocycles. The first-order chi connectivity index (χ1) is 15.7. The van der Waals surface area contributed by atoms with E-state index in [1.54, 1.807) is 6.07 Å². The number of phenols is 2. The molecule has 0 amide bonds. The topological polar surface area (TPSA) is 179 Å². The van der Waals surface area contributed by atoms with Gasteiger partial charge >= 0.3 is 0 Å². The van der Waals surface area contributed by atoms with Crippen LogP contribution in [0.4, 0.5) is 0 Å². The summed E-state index contributed by atoms with van der Waals surface area (Å²) < 4.78 is 21.6. The summed E-state index contributed by atoms with van der Waals surface area (Å²) in [6.07, 6.45) is -7.56. The molecule has 1 unspecified atom stereocenters. The van der Waals surface area contributed by atoms with Crippen LogP contribution in [0.2, 0.25) is 0 Å². The van der Waals surface area contributed by atoms with Gasteiger partial charge in [-0.2, -0.15) is 0 Å². The van der Waals surface area contributed by atoms with Crippen molar-refractivity contribution in [1.29, 1.82) is 0 Å². The van der Waals surface area contributed by atoms with Crippen molar-refractivity contribution in [3.63, 3.8) is 0 Å². The van der Waals surface area contributed by atoms with Crippen LogP contribution in [-0.2, 0) is 4.74 Å². The van der Waals surface area contributed by atoms with Gasteiger partial charge in [0.1, 0.15) is 52.6 Å². The van der Waals surface area contributed by atoms with Crippen LogP contribution in [-0.4, -0.2) is 75.1 Å². The maximum Gasteiger partial charge on any atom is 0.229 e. The van der Waals surface area contributed by atoms with Gasteiger partial charge in [0.2, 0.25) is 6.29 Å². The third-order valence-corrected chi connectivity index (χ3v) is 5.35. The maximum atomic E-state index is 12.6. The number of ether oxygens (including phenoxy) is 3. The van der Waals surface area contributed by atoms with Crippen LogP contribution in [0.3, 0.4) is 0 Å². The van der Waals surface area contributed by atoms with E-state index in [0.29, 0.717) is 5.56 Å². The van der Waals surface area contributed by atoms with Crippen LogP contribution in [0.5, 0.6) is 23.0 Å². The molecule has 1 aliphatic rings. The molecule has 6 N–H and O–H groups in total. The lowest BCUT2D eigenvalue weighted by molar-refractivity contribution is -0.277. The Labute approximate surface area is 186 Å². The summed E-state index contributed by atoms with van der Waals surface area (Å²) >= 11 is 0. The minimum Gasteiger partial charge on any atom is -0.507 e. The zero-order chi connectivity index (χ0) is 23.9. The van der Waals surface area contributed by atoms with Gasteiger partial charge in [0.25, 0.3) is 0 Å². The molecule has 0 radical (unpaired) electrons. The van der Waals surface area contributed by atoms with Crippen molar-refractivity contribution in [2.45, 2.75) is 30.7 Å². The summed E-state index contributed by atoms with van der Waals surface area (Å²) in [7, 11) is 1.39. The van der Waals surface area contributed by atoms with Crippen molar-refractivity contribution >= 4 is 11.0 Å². The van der Waals surface area contributed by atoms with E-state index in [1.807, 2.05) is 0 Å². The van der Waals surface area contributed by atoms with Gasteiger partial charge in [-0.05, 0) is 18.2 Å². The lowest BCUT2D eigenvalue weighted by atomic mass is 9.99. The van der Waals surface area contributed by atoms with Crippen molar-refractivity contribution < 1.29 is 49.3 Å². The molecule has 1 saturated heterocycles. The molecule has 2 heterocycles. The first-order valence-corrected chi connectivity index (χ1v) is 9.89. The highest BCUT2D eigenvalue weighted by Gasteiger charge is 2.44. The van der Waals surface area contributed by atoms with Crippen molar-refractivity contribution in [2.24, 2.45) is 0 Å². The number of phenolic OH excluding ortho intramolecular Hbond substituents is 2. The predicted octanol–water partition coefficient (Wildman–Crippen LogP) is 0.0585. The second kappa shape index (κ2) is 8.89. The molecular formula is C22H22O11. The Balaban J connectivity index is 1.71. The number of rotatable bonds is 5. The molecule has 4 rings (SSSR count). The Bertz CT molecular complexity index is 1220. The highest BCUT2D eigenvalue weighted by atomic mass is 16.7. The largest absolute Gasteiger partial charge is 0.507 e. The number of benzene rings is 2. The summed E-state index contributed by atoms with van der Waals surface area (Å²) in [5.74, 6) is -0.392. The van der Waals surface area contributed by atoms with Crippen LogP contribution in [0.25, 0.3) is 22.3 Å². The van der Waals surface area contributed by atoms with Crippen molar-refractivity contribution in [1.82, 2.24) is 0 Å². The lowest BCUT2D eigenvalue weighted by Crippen LogP contribution is -2.60. The number of hydrogen-bond acceptors (Lipinski definition) is 11. The van der Waals surface area contributed by atoms with Crippen molar-refractivity contribution in [3.05, 3.63) is 46.6 Å². The second-order valence-electron chi connectivity index (χ2n) is 7.49. The number of fused-ring (bicyclic) bond motifs is 1. The highest BCUT2D eigenvalue weighted by Crippen LogP contribution is 2.35. The fourth-order valence-electron chi connectivity index (χ4n) is 3.60. The molecule has 2 aromatic carbocycles. The molecule has 0 bridgehead atoms. The normalized spacial score (nSPS) is 25.2. The van der Waals surface area contributed by atoms with E-state index in [9.17, 15) is 35.4 Å². The Morgan fingerprint density at radius 1 is 0.970 bits per heavy atom. The van der Waals surface area contributed by atoms with Crippen LogP contribution < -0.4 is 14.9 Å². The molecular weight excluding hydrogens is 440 g/mol. The third kappa shape index (κ3) is 4.19. The van der Waals surface area contributed by atoms with E-state index in [0.717, 1.165) is 12.1 Å². The van der Waals surface area contributed by atoms with Gasteiger partial charge in [0.15, 0.2) is 16.9 Å². The molecule has 11 heteroatoms. The molecule has 1 aromatic heterocycles. The average Bonchev–Trinajstić information content (AvgIpc) is 2.78. The second-order valence-corrected chi connectivity index (χ2v) is 7.49. The molecule has 0 spiro atoms. The highest BCUT2D eigenvalue weighted by molar-refractivity contribution is 5.86. The van der Waals surface area contributed by atoms with Gasteiger partial charge < -0.3 is 49.3 Å². The van der Waals surface area contributed by atoms with Gasteiger partial charge in [-0.15, -0.1) is 0 Å². The summed E-state index contributed by atoms with van der Waals surface area (Å²) in [6, 6.07) is 7.92. The lowest BCUT2D eigenvalue weighted by Gasteiger charge is -2.39. The molecule has 176 valence electrons. The summed E-state index contributed by atoms with van der Waals surface area (Å²) in [5, 5.41) is 59.5. The Morgan fingerprint density at radius 2 is 1.73 bits per heavy atom. The number of aromatic hydroxyl groups is 2. The first kappa shape index (κ1) is 22.8. The van der Waals surface area contributed by atoms with Crippen LogP contribution in [0, 0.1) is 0 Å². The molecule has 5 atom stereocenters. The predicted molar refractivity (Wildman–Crippen MR) is 112 cm³/mol. The monoisotopic (exact) mass is 462 g/mol. The molecule has 0 saturated carbocycles. The number of methoxy groups -OCH3 is 1. The summed E-state index contributed by atoms with van der Waals surface area (Å²) in [4.78, 5) is 12.6. The smallest absolute Gasteiger partial charge is 0.229 e. The van der Waals surface area contributed by atoms with Crippen LogP contribution >= 0.6 is 0 Å². The van der Waals surface area contributed by atoms with Crippen LogP contribution in [0.1, 0.15) is 0 Å². The van der Waals surface area contributed by atoms with Gasteiger partial charge in [-0.3, -0.25) is 4.79 Å². The molecule has 3 aromatic rings. The summed E-state index contributed by atoms with van der Waals surface area (Å²) in [6.45, 7) is -0.638. The Morgan fingerprint density at radius 3 is 2.39 bits per heavy atom. The van der Waals surface area contributed by atoms with Gasteiger partial charge in [-0.1, -0.05) is 0 Å². The van der Waals surface area contributed by atoms with E-state index in [4.69, 9.17) is 18.6 Å². The average molecular weight is 462 g/mol. The van der Waals surface area contributed by atoms with E-state index in [1.165, 1.54) is 25.3 Å². The molecule has 11 nitrogen and oxygen atoms in total. The van der Waals surface area contributed by atoms with Gasteiger partial charge in [0, 0.05) is 23.8 Å². The fourth-order valence-corrected chi connectivity index (χ4v) is 3.60. The van der Waals surface area contributed by atoms with Gasteiger partial charge in [-0.25, -0.2) is 0 Å². The molecule has 33 heavy (non-hydrogen) atoms. The van der Waals surface area contributed by atoms with E-state index < -0.39 is 48.5 Å². The van der Waals surface area contributed by atoms with Gasteiger partial charge in [0.05, 0.1) is 13.7 Å². The quantitative estimate of drug-likeness (QED) is 0.302. The molecule has 1 fully saturated rings. The number of aliphatic hydroxyl groups excluding tert-OH is 4. The number of aliphatic hydroxyl groups is 4. The fraction of sp³-hybridized carbons (Fsp3) is 0.318. The van der Waals surface area contributed by atoms with Crippen molar-refractivity contribution in [3.8, 4) is 34.3 Å². The minimum absolute atomic E-state index is 0.0626. The van der Waals surface area contributed by atoms with E-state index in [-0.39, 0.29) is 34.0 Å². The van der Waals surface area contributed by atoms with Crippen molar-refractivity contribution in [2.75, 3.05) is 13.7 Å². The van der Waals surface area contributed by atoms with E-state index in [2.05, 4.69) is 0 Å². The Hall–Kier alpha value is -3.35. The third-order valence-electron chi connectivity index (χ3n) is 5.35. The van der Waals surface area contributed by atoms with Crippen LogP contribution in [0.15, 0.2) is 45.6 Å². The summed E-state index contributed by atoms with van der Waals surface area (Å²) in [5.41, 5.74) is -0.252. The SMILES string of the molecule is COc1ccc(-c2cc(=O)c3c(O)cc(OC4O[C@@H](CO)[C@H](O)[C@@H](O)[C@@H]4O)cc3o2)cc1O. The zero-order valence-corrected chi connectivity index (χ0v) is 17.3. The first-order valence-electron chi connectivity index (χ1n) is 9.89. The minimum atomic E-state index is -1.67.